The van der Waals surface area contributed by atoms with Crippen molar-refractivity contribution in [1.29, 1.82) is 0 Å². The fourth-order valence-electron chi connectivity index (χ4n) is 1.92. The van der Waals surface area contributed by atoms with E-state index in [1.807, 2.05) is 18.2 Å². The summed E-state index contributed by atoms with van der Waals surface area (Å²) < 4.78 is 11.6. The fourth-order valence-corrected chi connectivity index (χ4v) is 2.08. The molecule has 0 atom stereocenters. The maximum absolute atomic E-state index is 11.8. The van der Waals surface area contributed by atoms with Gasteiger partial charge in [0.15, 0.2) is 0 Å². The number of methoxy groups -OCH3 is 1. The molecule has 3 aromatic rings. The van der Waals surface area contributed by atoms with Crippen molar-refractivity contribution in [3.8, 4) is 17.1 Å². The van der Waals surface area contributed by atoms with Crippen LogP contribution in [0, 0.1) is 0 Å². The number of nitrogens with zero attached hydrogens (tertiary/aromatic N) is 4. The van der Waals surface area contributed by atoms with Gasteiger partial charge in [-0.25, -0.2) is 4.68 Å². The van der Waals surface area contributed by atoms with Crippen molar-refractivity contribution in [3.63, 3.8) is 0 Å². The molecule has 0 N–H and O–H groups in total. The maximum atomic E-state index is 11.8. The van der Waals surface area contributed by atoms with Crippen LogP contribution in [0.4, 0.5) is 0 Å². The van der Waals surface area contributed by atoms with Gasteiger partial charge in [0.05, 0.1) is 12.7 Å². The van der Waals surface area contributed by atoms with E-state index in [0.29, 0.717) is 17.1 Å². The second-order valence-corrected chi connectivity index (χ2v) is 4.76. The van der Waals surface area contributed by atoms with Crippen LogP contribution in [0.15, 0.2) is 45.8 Å². The molecule has 0 saturated heterocycles. The SMILES string of the molecule is COc1ccccc1-c1noc(Cn2nccc(Cl)c2=O)n1. The van der Waals surface area contributed by atoms with Crippen LogP contribution in [-0.2, 0) is 6.54 Å². The molecular formula is C14H11ClN4O3. The number of hydrogen-bond donors (Lipinski definition) is 0. The molecule has 0 bridgehead atoms. The molecule has 3 rings (SSSR count). The number of ether oxygens (including phenoxy) is 1. The van der Waals surface area contributed by atoms with Gasteiger partial charge in [0.25, 0.3) is 5.56 Å². The standard InChI is InChI=1S/C14H11ClN4O3/c1-21-11-5-3-2-4-9(11)13-17-12(22-18-13)8-19-14(20)10(15)6-7-16-19/h2-7H,8H2,1H3. The lowest BCUT2D eigenvalue weighted by Gasteiger charge is -2.03. The first kappa shape index (κ1) is 14.3. The summed E-state index contributed by atoms with van der Waals surface area (Å²) in [5, 5.41) is 7.90. The summed E-state index contributed by atoms with van der Waals surface area (Å²) >= 11 is 5.76. The number of para-hydroxylation sites is 1. The molecule has 0 aliphatic heterocycles. The third-order valence-corrected chi connectivity index (χ3v) is 3.25. The van der Waals surface area contributed by atoms with Gasteiger partial charge < -0.3 is 9.26 Å². The molecule has 0 saturated carbocycles. The Hall–Kier alpha value is -2.67. The minimum absolute atomic E-state index is 0.0432. The quantitative estimate of drug-likeness (QED) is 0.731. The minimum atomic E-state index is -0.416. The van der Waals surface area contributed by atoms with Crippen LogP contribution < -0.4 is 10.3 Å². The molecule has 0 radical (unpaired) electrons. The van der Waals surface area contributed by atoms with Crippen LogP contribution in [-0.4, -0.2) is 27.0 Å². The molecule has 0 amide bonds. The largest absolute Gasteiger partial charge is 0.496 e. The Morgan fingerprint density at radius 2 is 2.14 bits per heavy atom. The summed E-state index contributed by atoms with van der Waals surface area (Å²) in [5.41, 5.74) is 0.285. The van der Waals surface area contributed by atoms with Crippen LogP contribution >= 0.6 is 11.6 Å². The second-order valence-electron chi connectivity index (χ2n) is 4.35. The van der Waals surface area contributed by atoms with Crippen LogP contribution in [0.25, 0.3) is 11.4 Å². The average molecular weight is 319 g/mol. The van der Waals surface area contributed by atoms with Crippen molar-refractivity contribution in [2.24, 2.45) is 0 Å². The first-order valence-electron chi connectivity index (χ1n) is 6.36. The van der Waals surface area contributed by atoms with E-state index in [0.717, 1.165) is 4.68 Å². The fraction of sp³-hybridized carbons (Fsp3) is 0.143. The lowest BCUT2D eigenvalue weighted by molar-refractivity contribution is 0.362. The highest BCUT2D eigenvalue weighted by Crippen LogP contribution is 2.26. The van der Waals surface area contributed by atoms with Crippen molar-refractivity contribution in [3.05, 3.63) is 57.8 Å². The Kier molecular flexibility index (Phi) is 3.88. The van der Waals surface area contributed by atoms with Gasteiger partial charge >= 0.3 is 0 Å². The molecule has 22 heavy (non-hydrogen) atoms. The van der Waals surface area contributed by atoms with Crippen molar-refractivity contribution in [2.45, 2.75) is 6.54 Å². The number of hydrogen-bond acceptors (Lipinski definition) is 6. The van der Waals surface area contributed by atoms with Crippen molar-refractivity contribution in [1.82, 2.24) is 19.9 Å². The number of rotatable bonds is 4. The summed E-state index contributed by atoms with van der Waals surface area (Å²) in [6.07, 6.45) is 1.43. The molecule has 0 aliphatic carbocycles. The zero-order valence-corrected chi connectivity index (χ0v) is 12.3. The van der Waals surface area contributed by atoms with Crippen LogP contribution in [0.3, 0.4) is 0 Å². The lowest BCUT2D eigenvalue weighted by Crippen LogP contribution is -2.23. The Balaban J connectivity index is 1.91. The molecule has 7 nitrogen and oxygen atoms in total. The molecular weight excluding hydrogens is 308 g/mol. The van der Waals surface area contributed by atoms with Gasteiger partial charge in [-0.1, -0.05) is 28.9 Å². The highest BCUT2D eigenvalue weighted by molar-refractivity contribution is 6.30. The molecule has 0 spiro atoms. The van der Waals surface area contributed by atoms with E-state index < -0.39 is 5.56 Å². The van der Waals surface area contributed by atoms with E-state index in [9.17, 15) is 4.79 Å². The maximum Gasteiger partial charge on any atom is 0.285 e. The highest BCUT2D eigenvalue weighted by atomic mass is 35.5. The van der Waals surface area contributed by atoms with Crippen molar-refractivity contribution in [2.75, 3.05) is 7.11 Å². The van der Waals surface area contributed by atoms with Gasteiger partial charge in [-0.3, -0.25) is 4.79 Å². The molecule has 0 fully saturated rings. The summed E-state index contributed by atoms with van der Waals surface area (Å²) in [6, 6.07) is 8.73. The van der Waals surface area contributed by atoms with Gasteiger partial charge in [0, 0.05) is 6.20 Å². The first-order chi connectivity index (χ1) is 10.7. The van der Waals surface area contributed by atoms with Crippen molar-refractivity contribution < 1.29 is 9.26 Å². The van der Waals surface area contributed by atoms with E-state index in [4.69, 9.17) is 20.9 Å². The first-order valence-corrected chi connectivity index (χ1v) is 6.74. The summed E-state index contributed by atoms with van der Waals surface area (Å²) in [7, 11) is 1.56. The van der Waals surface area contributed by atoms with E-state index in [1.165, 1.54) is 12.3 Å². The normalized spacial score (nSPS) is 10.6. The van der Waals surface area contributed by atoms with E-state index in [-0.39, 0.29) is 17.5 Å². The highest BCUT2D eigenvalue weighted by Gasteiger charge is 2.14. The van der Waals surface area contributed by atoms with Crippen LogP contribution in [0.1, 0.15) is 5.89 Å². The number of halogens is 1. The van der Waals surface area contributed by atoms with E-state index in [2.05, 4.69) is 15.2 Å². The smallest absolute Gasteiger partial charge is 0.285 e. The van der Waals surface area contributed by atoms with Crippen LogP contribution in [0.5, 0.6) is 5.75 Å². The van der Waals surface area contributed by atoms with Gasteiger partial charge in [0.1, 0.15) is 17.3 Å². The predicted molar refractivity (Wildman–Crippen MR) is 78.9 cm³/mol. The monoisotopic (exact) mass is 318 g/mol. The van der Waals surface area contributed by atoms with Gasteiger partial charge in [0.2, 0.25) is 11.7 Å². The zero-order chi connectivity index (χ0) is 15.5. The van der Waals surface area contributed by atoms with Gasteiger partial charge in [-0.15, -0.1) is 0 Å². The number of aromatic nitrogens is 4. The molecule has 8 heteroatoms. The second kappa shape index (κ2) is 5.98. The van der Waals surface area contributed by atoms with Gasteiger partial charge in [-0.2, -0.15) is 10.1 Å². The van der Waals surface area contributed by atoms with Crippen molar-refractivity contribution >= 4 is 11.6 Å². The van der Waals surface area contributed by atoms with E-state index >= 15 is 0 Å². The zero-order valence-electron chi connectivity index (χ0n) is 11.6. The third-order valence-electron chi connectivity index (χ3n) is 2.97. The minimum Gasteiger partial charge on any atom is -0.496 e. The molecule has 1 aromatic carbocycles. The lowest BCUT2D eigenvalue weighted by atomic mass is 10.2. The van der Waals surface area contributed by atoms with E-state index in [1.54, 1.807) is 13.2 Å². The molecule has 0 unspecified atom stereocenters. The van der Waals surface area contributed by atoms with Gasteiger partial charge in [-0.05, 0) is 18.2 Å². The Labute approximate surface area is 130 Å². The molecule has 2 heterocycles. The summed E-state index contributed by atoms with van der Waals surface area (Å²) in [4.78, 5) is 16.1. The predicted octanol–water partition coefficient (Wildman–Crippen LogP) is 2.00. The Morgan fingerprint density at radius 1 is 1.32 bits per heavy atom. The topological polar surface area (TPSA) is 83.0 Å². The summed E-state index contributed by atoms with van der Waals surface area (Å²) in [6.45, 7) is 0.0432. The average Bonchev–Trinajstić information content (AvgIpc) is 3.00. The summed E-state index contributed by atoms with van der Waals surface area (Å²) in [5.74, 6) is 1.26. The number of benzene rings is 1. The Morgan fingerprint density at radius 3 is 2.95 bits per heavy atom. The Bertz CT molecular complexity index is 859. The van der Waals surface area contributed by atoms with Crippen LogP contribution in [0.2, 0.25) is 5.02 Å². The molecule has 2 aromatic heterocycles. The molecule has 112 valence electrons. The third kappa shape index (κ3) is 2.71. The molecule has 0 aliphatic rings.